The third-order valence-corrected chi connectivity index (χ3v) is 6.72. The Labute approximate surface area is 130 Å². The molecule has 1 saturated carbocycles. The number of piperidine rings is 1. The molecule has 5 nitrogen and oxygen atoms in total. The van der Waals surface area contributed by atoms with Crippen molar-refractivity contribution in [2.45, 2.75) is 64.3 Å². The molecular weight excluding hydrogens is 286 g/mol. The SMILES string of the molecule is CCCNCC1CCCN(S(=O)(=O)NC2(CC)CCC2)C1. The van der Waals surface area contributed by atoms with Crippen LogP contribution in [0, 0.1) is 5.92 Å². The van der Waals surface area contributed by atoms with Crippen molar-refractivity contribution in [2.24, 2.45) is 5.92 Å². The molecule has 6 heteroatoms. The van der Waals surface area contributed by atoms with Gasteiger partial charge in [-0.05, 0) is 64.0 Å². The quantitative estimate of drug-likeness (QED) is 0.672. The topological polar surface area (TPSA) is 61.4 Å². The summed E-state index contributed by atoms with van der Waals surface area (Å²) in [6.45, 7) is 7.50. The molecule has 0 spiro atoms. The Morgan fingerprint density at radius 1 is 1.24 bits per heavy atom. The van der Waals surface area contributed by atoms with Gasteiger partial charge in [0.05, 0.1) is 0 Å². The molecule has 2 aliphatic rings. The van der Waals surface area contributed by atoms with Crippen LogP contribution < -0.4 is 10.0 Å². The molecule has 21 heavy (non-hydrogen) atoms. The van der Waals surface area contributed by atoms with Crippen molar-refractivity contribution in [1.29, 1.82) is 0 Å². The van der Waals surface area contributed by atoms with E-state index in [0.717, 1.165) is 58.0 Å². The van der Waals surface area contributed by atoms with Crippen molar-refractivity contribution < 1.29 is 8.42 Å². The molecule has 2 fully saturated rings. The van der Waals surface area contributed by atoms with Gasteiger partial charge in [0.2, 0.25) is 0 Å². The van der Waals surface area contributed by atoms with Gasteiger partial charge < -0.3 is 5.32 Å². The zero-order valence-electron chi connectivity index (χ0n) is 13.5. The van der Waals surface area contributed by atoms with Crippen LogP contribution in [0.4, 0.5) is 0 Å². The Hall–Kier alpha value is -0.170. The number of nitrogens with zero attached hydrogens (tertiary/aromatic N) is 1. The van der Waals surface area contributed by atoms with E-state index in [2.05, 4.69) is 23.9 Å². The van der Waals surface area contributed by atoms with Crippen LogP contribution in [-0.2, 0) is 10.2 Å². The highest BCUT2D eigenvalue weighted by Crippen LogP contribution is 2.35. The summed E-state index contributed by atoms with van der Waals surface area (Å²) in [4.78, 5) is 0. The van der Waals surface area contributed by atoms with Crippen LogP contribution in [0.3, 0.4) is 0 Å². The molecule has 0 aromatic rings. The molecule has 1 heterocycles. The number of hydrogen-bond donors (Lipinski definition) is 2. The monoisotopic (exact) mass is 317 g/mol. The Kier molecular flexibility index (Phi) is 6.05. The maximum Gasteiger partial charge on any atom is 0.279 e. The average molecular weight is 317 g/mol. The Morgan fingerprint density at radius 2 is 2.00 bits per heavy atom. The Balaban J connectivity index is 1.89. The van der Waals surface area contributed by atoms with Crippen molar-refractivity contribution in [3.8, 4) is 0 Å². The summed E-state index contributed by atoms with van der Waals surface area (Å²) in [6, 6.07) is 0. The molecule has 1 aliphatic carbocycles. The van der Waals surface area contributed by atoms with Gasteiger partial charge in [0.15, 0.2) is 0 Å². The number of nitrogens with one attached hydrogen (secondary N) is 2. The van der Waals surface area contributed by atoms with Gasteiger partial charge in [0.1, 0.15) is 0 Å². The third-order valence-electron chi connectivity index (χ3n) is 5.01. The van der Waals surface area contributed by atoms with Crippen LogP contribution in [0.25, 0.3) is 0 Å². The van der Waals surface area contributed by atoms with Crippen molar-refractivity contribution in [3.63, 3.8) is 0 Å². The lowest BCUT2D eigenvalue weighted by molar-refractivity contribution is 0.199. The minimum Gasteiger partial charge on any atom is -0.316 e. The molecule has 1 saturated heterocycles. The predicted molar refractivity (Wildman–Crippen MR) is 86.4 cm³/mol. The first-order chi connectivity index (χ1) is 10.0. The maximum absolute atomic E-state index is 12.6. The Bertz CT molecular complexity index is 415. The smallest absolute Gasteiger partial charge is 0.279 e. The third kappa shape index (κ3) is 4.41. The maximum atomic E-state index is 12.6. The van der Waals surface area contributed by atoms with Crippen LogP contribution >= 0.6 is 0 Å². The molecule has 0 radical (unpaired) electrons. The summed E-state index contributed by atoms with van der Waals surface area (Å²) in [5.74, 6) is 0.445. The van der Waals surface area contributed by atoms with Crippen LogP contribution in [0.1, 0.15) is 58.8 Å². The molecule has 2 N–H and O–H groups in total. The van der Waals surface area contributed by atoms with Crippen molar-refractivity contribution in [2.75, 3.05) is 26.2 Å². The average Bonchev–Trinajstić information content (AvgIpc) is 2.44. The lowest BCUT2D eigenvalue weighted by Gasteiger charge is -2.43. The minimum atomic E-state index is -3.32. The van der Waals surface area contributed by atoms with Crippen LogP contribution in [0.5, 0.6) is 0 Å². The molecule has 0 bridgehead atoms. The van der Waals surface area contributed by atoms with Gasteiger partial charge in [-0.1, -0.05) is 13.8 Å². The van der Waals surface area contributed by atoms with E-state index in [1.165, 1.54) is 0 Å². The predicted octanol–water partition coefficient (Wildman–Crippen LogP) is 1.87. The Morgan fingerprint density at radius 3 is 2.57 bits per heavy atom. The summed E-state index contributed by atoms with van der Waals surface area (Å²) in [7, 11) is -3.32. The molecule has 0 aromatic heterocycles. The van der Waals surface area contributed by atoms with Crippen LogP contribution in [0.15, 0.2) is 0 Å². The highest BCUT2D eigenvalue weighted by molar-refractivity contribution is 7.87. The van der Waals surface area contributed by atoms with Gasteiger partial charge in [-0.2, -0.15) is 17.4 Å². The summed E-state index contributed by atoms with van der Waals surface area (Å²) in [5, 5.41) is 3.42. The molecule has 124 valence electrons. The molecule has 0 amide bonds. The van der Waals surface area contributed by atoms with E-state index < -0.39 is 10.2 Å². The fourth-order valence-corrected chi connectivity index (χ4v) is 5.17. The van der Waals surface area contributed by atoms with Crippen molar-refractivity contribution in [1.82, 2.24) is 14.3 Å². The lowest BCUT2D eigenvalue weighted by Crippen LogP contribution is -2.58. The largest absolute Gasteiger partial charge is 0.316 e. The van der Waals surface area contributed by atoms with E-state index in [4.69, 9.17) is 0 Å². The molecule has 0 aromatic carbocycles. The fraction of sp³-hybridized carbons (Fsp3) is 1.00. The second-order valence-corrected chi connectivity index (χ2v) is 8.34. The second kappa shape index (κ2) is 7.40. The van der Waals surface area contributed by atoms with Crippen molar-refractivity contribution >= 4 is 10.2 Å². The van der Waals surface area contributed by atoms with E-state index in [1.807, 2.05) is 0 Å². The molecular formula is C15H31N3O2S. The lowest BCUT2D eigenvalue weighted by atomic mass is 9.76. The molecule has 1 atom stereocenters. The van der Waals surface area contributed by atoms with E-state index in [-0.39, 0.29) is 5.54 Å². The van der Waals surface area contributed by atoms with E-state index in [0.29, 0.717) is 19.0 Å². The fourth-order valence-electron chi connectivity index (χ4n) is 3.36. The van der Waals surface area contributed by atoms with Gasteiger partial charge in [-0.3, -0.25) is 0 Å². The van der Waals surface area contributed by atoms with E-state index in [9.17, 15) is 8.42 Å². The van der Waals surface area contributed by atoms with Gasteiger partial charge in [0, 0.05) is 18.6 Å². The van der Waals surface area contributed by atoms with Crippen molar-refractivity contribution in [3.05, 3.63) is 0 Å². The minimum absolute atomic E-state index is 0.160. The van der Waals surface area contributed by atoms with E-state index in [1.54, 1.807) is 4.31 Å². The normalized spacial score (nSPS) is 26.5. The van der Waals surface area contributed by atoms with Gasteiger partial charge in [0.25, 0.3) is 10.2 Å². The molecule has 2 rings (SSSR count). The van der Waals surface area contributed by atoms with Gasteiger partial charge in [-0.15, -0.1) is 0 Å². The summed E-state index contributed by atoms with van der Waals surface area (Å²) in [5.41, 5.74) is -0.160. The van der Waals surface area contributed by atoms with E-state index >= 15 is 0 Å². The highest BCUT2D eigenvalue weighted by Gasteiger charge is 2.41. The number of hydrogen-bond acceptors (Lipinski definition) is 3. The number of rotatable bonds is 8. The summed E-state index contributed by atoms with van der Waals surface area (Å²) < 4.78 is 29.9. The van der Waals surface area contributed by atoms with Crippen LogP contribution in [-0.4, -0.2) is 44.4 Å². The first-order valence-corrected chi connectivity index (χ1v) is 9.95. The zero-order chi connectivity index (χ0) is 15.3. The standard InChI is InChI=1S/C15H31N3O2S/c1-3-10-16-12-14-7-5-11-18(13-14)21(19,20)17-15(4-2)8-6-9-15/h14,16-17H,3-13H2,1-2H3. The summed E-state index contributed by atoms with van der Waals surface area (Å²) in [6.07, 6.45) is 7.22. The zero-order valence-corrected chi connectivity index (χ0v) is 14.3. The van der Waals surface area contributed by atoms with Crippen LogP contribution in [0.2, 0.25) is 0 Å². The first kappa shape index (κ1) is 17.2. The second-order valence-electron chi connectivity index (χ2n) is 6.66. The van der Waals surface area contributed by atoms with Gasteiger partial charge in [-0.25, -0.2) is 0 Å². The summed E-state index contributed by atoms with van der Waals surface area (Å²) >= 11 is 0. The first-order valence-electron chi connectivity index (χ1n) is 8.51. The molecule has 1 unspecified atom stereocenters. The van der Waals surface area contributed by atoms with Gasteiger partial charge >= 0.3 is 0 Å². The molecule has 1 aliphatic heterocycles. The highest BCUT2D eigenvalue weighted by atomic mass is 32.2.